The van der Waals surface area contributed by atoms with Crippen LogP contribution in [0.1, 0.15) is 25.1 Å². The summed E-state index contributed by atoms with van der Waals surface area (Å²) in [6.07, 6.45) is 1.38. The van der Waals surface area contributed by atoms with Crippen LogP contribution < -0.4 is 5.32 Å². The number of thiophene rings is 1. The van der Waals surface area contributed by atoms with Gasteiger partial charge in [0, 0.05) is 23.7 Å². The third kappa shape index (κ3) is 4.52. The van der Waals surface area contributed by atoms with E-state index in [-0.39, 0.29) is 10.8 Å². The van der Waals surface area contributed by atoms with E-state index in [4.69, 9.17) is 0 Å². The Hall–Kier alpha value is -1.70. The minimum Gasteiger partial charge on any atom is -0.326 e. The Morgan fingerprint density at radius 3 is 2.38 bits per heavy atom. The maximum atomic E-state index is 12.9. The van der Waals surface area contributed by atoms with E-state index < -0.39 is 10.0 Å². The van der Waals surface area contributed by atoms with E-state index in [1.54, 1.807) is 28.6 Å². The zero-order chi connectivity index (χ0) is 18.7. The molecule has 1 aromatic carbocycles. The van der Waals surface area contributed by atoms with Crippen LogP contribution in [0.4, 0.5) is 5.69 Å². The van der Waals surface area contributed by atoms with E-state index in [1.165, 1.54) is 11.3 Å². The molecular formula is C19H24N2O3S2. The predicted octanol–water partition coefficient (Wildman–Crippen LogP) is 3.60. The summed E-state index contributed by atoms with van der Waals surface area (Å²) in [5.74, 6) is 0.621. The summed E-state index contributed by atoms with van der Waals surface area (Å²) in [4.78, 5) is 13.3. The fourth-order valence-corrected chi connectivity index (χ4v) is 5.82. The van der Waals surface area contributed by atoms with E-state index in [2.05, 4.69) is 19.2 Å². The van der Waals surface area contributed by atoms with Gasteiger partial charge in [-0.2, -0.15) is 4.31 Å². The number of rotatable bonds is 5. The molecule has 0 saturated carbocycles. The Labute approximate surface area is 159 Å². The minimum atomic E-state index is -3.49. The average Bonchev–Trinajstić information content (AvgIpc) is 3.07. The van der Waals surface area contributed by atoms with Crippen molar-refractivity contribution >= 4 is 33.0 Å². The average molecular weight is 393 g/mol. The summed E-state index contributed by atoms with van der Waals surface area (Å²) < 4.78 is 27.3. The van der Waals surface area contributed by atoms with Crippen molar-refractivity contribution in [2.75, 3.05) is 18.4 Å². The van der Waals surface area contributed by atoms with Crippen molar-refractivity contribution in [3.05, 3.63) is 46.7 Å². The van der Waals surface area contributed by atoms with Crippen molar-refractivity contribution in [2.45, 2.75) is 31.6 Å². The highest BCUT2D eigenvalue weighted by Crippen LogP contribution is 2.27. The first-order valence-electron chi connectivity index (χ1n) is 8.77. The first-order chi connectivity index (χ1) is 12.3. The van der Waals surface area contributed by atoms with Gasteiger partial charge in [-0.25, -0.2) is 8.42 Å². The normalized spacial score (nSPS) is 21.5. The van der Waals surface area contributed by atoms with E-state index in [9.17, 15) is 13.2 Å². The second-order valence-electron chi connectivity index (χ2n) is 7.10. The SMILES string of the molecule is C[C@@H]1C[C@@H](C)CN(S(=O)(=O)c2ccc(NC(=O)Cc3cccs3)cc2)C1. The van der Waals surface area contributed by atoms with Gasteiger partial charge >= 0.3 is 0 Å². The Balaban J connectivity index is 1.67. The molecule has 1 aliphatic rings. The van der Waals surface area contributed by atoms with Crippen LogP contribution in [-0.2, 0) is 21.2 Å². The van der Waals surface area contributed by atoms with Gasteiger partial charge in [-0.05, 0) is 54.0 Å². The summed E-state index contributed by atoms with van der Waals surface area (Å²) >= 11 is 1.54. The number of carbonyl (C=O) groups is 1. The number of anilines is 1. The van der Waals surface area contributed by atoms with E-state index in [0.29, 0.717) is 37.0 Å². The first kappa shape index (κ1) is 19.1. The Bertz CT molecular complexity index is 835. The number of nitrogens with zero attached hydrogens (tertiary/aromatic N) is 1. The van der Waals surface area contributed by atoms with Crippen LogP contribution in [0.15, 0.2) is 46.7 Å². The fourth-order valence-electron chi connectivity index (χ4n) is 3.44. The molecule has 1 amide bonds. The summed E-state index contributed by atoms with van der Waals surface area (Å²) in [5, 5.41) is 4.75. The highest BCUT2D eigenvalue weighted by molar-refractivity contribution is 7.89. The number of nitrogens with one attached hydrogen (secondary N) is 1. The lowest BCUT2D eigenvalue weighted by Gasteiger charge is -2.34. The Morgan fingerprint density at radius 2 is 1.81 bits per heavy atom. The van der Waals surface area contributed by atoms with Crippen LogP contribution >= 0.6 is 11.3 Å². The lowest BCUT2D eigenvalue weighted by molar-refractivity contribution is -0.115. The van der Waals surface area contributed by atoms with Gasteiger partial charge in [-0.15, -0.1) is 11.3 Å². The highest BCUT2D eigenvalue weighted by Gasteiger charge is 2.31. The van der Waals surface area contributed by atoms with E-state index in [0.717, 1.165) is 11.3 Å². The smallest absolute Gasteiger partial charge is 0.243 e. The molecule has 2 heterocycles. The molecule has 0 unspecified atom stereocenters. The van der Waals surface area contributed by atoms with Crippen molar-refractivity contribution in [1.29, 1.82) is 0 Å². The topological polar surface area (TPSA) is 66.5 Å². The maximum absolute atomic E-state index is 12.9. The summed E-state index contributed by atoms with van der Waals surface area (Å²) in [7, 11) is -3.49. The van der Waals surface area contributed by atoms with Crippen molar-refractivity contribution in [3.8, 4) is 0 Å². The maximum Gasteiger partial charge on any atom is 0.243 e. The number of benzene rings is 1. The minimum absolute atomic E-state index is 0.110. The quantitative estimate of drug-likeness (QED) is 0.845. The van der Waals surface area contributed by atoms with Crippen LogP contribution in [0.2, 0.25) is 0 Å². The molecule has 26 heavy (non-hydrogen) atoms. The van der Waals surface area contributed by atoms with Gasteiger partial charge in [0.15, 0.2) is 0 Å². The van der Waals surface area contributed by atoms with Crippen LogP contribution in [0.5, 0.6) is 0 Å². The monoisotopic (exact) mass is 392 g/mol. The predicted molar refractivity (Wildman–Crippen MR) is 105 cm³/mol. The zero-order valence-corrected chi connectivity index (χ0v) is 16.6. The van der Waals surface area contributed by atoms with Gasteiger partial charge in [-0.1, -0.05) is 19.9 Å². The molecule has 1 aliphatic heterocycles. The lowest BCUT2D eigenvalue weighted by atomic mass is 9.94. The molecule has 7 heteroatoms. The third-order valence-electron chi connectivity index (χ3n) is 4.53. The zero-order valence-electron chi connectivity index (χ0n) is 15.0. The molecule has 0 radical (unpaired) electrons. The van der Waals surface area contributed by atoms with Gasteiger partial charge in [0.1, 0.15) is 0 Å². The number of hydrogen-bond acceptors (Lipinski definition) is 4. The van der Waals surface area contributed by atoms with Gasteiger partial charge in [0.25, 0.3) is 0 Å². The Kier molecular flexibility index (Phi) is 5.79. The molecule has 140 valence electrons. The second-order valence-corrected chi connectivity index (χ2v) is 10.1. The molecule has 0 bridgehead atoms. The van der Waals surface area contributed by atoms with E-state index in [1.807, 2.05) is 17.5 Å². The molecule has 1 fully saturated rings. The van der Waals surface area contributed by atoms with Crippen LogP contribution in [0, 0.1) is 11.8 Å². The molecule has 2 aromatic rings. The summed E-state index contributed by atoms with van der Waals surface area (Å²) in [6.45, 7) is 5.30. The van der Waals surface area contributed by atoms with Crippen molar-refractivity contribution in [2.24, 2.45) is 11.8 Å². The highest BCUT2D eigenvalue weighted by atomic mass is 32.2. The van der Waals surface area contributed by atoms with E-state index >= 15 is 0 Å². The number of piperidine rings is 1. The molecule has 0 spiro atoms. The standard InChI is InChI=1S/C19H24N2O3S2/c1-14-10-15(2)13-21(12-14)26(23,24)18-7-5-16(6-8-18)20-19(22)11-17-4-3-9-25-17/h3-9,14-15H,10-13H2,1-2H3,(H,20,22)/t14-,15-/m1/s1. The molecule has 3 rings (SSSR count). The summed E-state index contributed by atoms with van der Waals surface area (Å²) in [6, 6.07) is 10.3. The molecule has 0 aliphatic carbocycles. The fraction of sp³-hybridized carbons (Fsp3) is 0.421. The molecule has 1 N–H and O–H groups in total. The lowest BCUT2D eigenvalue weighted by Crippen LogP contribution is -2.42. The largest absolute Gasteiger partial charge is 0.326 e. The van der Waals surface area contributed by atoms with Gasteiger partial charge in [0.05, 0.1) is 11.3 Å². The van der Waals surface area contributed by atoms with Crippen LogP contribution in [0.3, 0.4) is 0 Å². The molecule has 1 saturated heterocycles. The number of carbonyl (C=O) groups excluding carboxylic acids is 1. The van der Waals surface area contributed by atoms with Gasteiger partial charge in [-0.3, -0.25) is 4.79 Å². The number of sulfonamides is 1. The summed E-state index contributed by atoms with van der Waals surface area (Å²) in [5.41, 5.74) is 0.603. The molecular weight excluding hydrogens is 368 g/mol. The molecule has 2 atom stereocenters. The van der Waals surface area contributed by atoms with Crippen molar-refractivity contribution in [1.82, 2.24) is 4.31 Å². The van der Waals surface area contributed by atoms with Crippen molar-refractivity contribution in [3.63, 3.8) is 0 Å². The van der Waals surface area contributed by atoms with Gasteiger partial charge in [0.2, 0.25) is 15.9 Å². The third-order valence-corrected chi connectivity index (χ3v) is 7.25. The van der Waals surface area contributed by atoms with Crippen molar-refractivity contribution < 1.29 is 13.2 Å². The van der Waals surface area contributed by atoms with Crippen LogP contribution in [-0.4, -0.2) is 31.7 Å². The molecule has 5 nitrogen and oxygen atoms in total. The van der Waals surface area contributed by atoms with Gasteiger partial charge < -0.3 is 5.32 Å². The second kappa shape index (κ2) is 7.90. The Morgan fingerprint density at radius 1 is 1.15 bits per heavy atom. The number of amides is 1. The van der Waals surface area contributed by atoms with Crippen LogP contribution in [0.25, 0.3) is 0 Å². The first-order valence-corrected chi connectivity index (χ1v) is 11.1. The molecule has 1 aromatic heterocycles. The number of hydrogen-bond donors (Lipinski definition) is 1.